The Balaban J connectivity index is 1.97. The van der Waals surface area contributed by atoms with E-state index in [0.717, 1.165) is 17.5 Å². The SMILES string of the molecule is CCOc1ccc(C(=O)CSc2nnc(C)c(=O)[nH]2)cc1. The molecular weight excluding hydrogens is 290 g/mol. The van der Waals surface area contributed by atoms with Crippen LogP contribution in [-0.4, -0.2) is 33.3 Å². The number of ether oxygens (including phenoxy) is 1. The number of ketones is 1. The predicted molar refractivity (Wildman–Crippen MR) is 80.1 cm³/mol. The van der Waals surface area contributed by atoms with E-state index in [0.29, 0.717) is 23.0 Å². The van der Waals surface area contributed by atoms with E-state index in [-0.39, 0.29) is 17.1 Å². The van der Waals surface area contributed by atoms with Crippen LogP contribution in [0.3, 0.4) is 0 Å². The zero-order chi connectivity index (χ0) is 15.2. The Kier molecular flexibility index (Phi) is 5.10. The van der Waals surface area contributed by atoms with E-state index in [1.54, 1.807) is 31.2 Å². The third-order valence-electron chi connectivity index (χ3n) is 2.67. The molecule has 0 saturated heterocycles. The molecule has 0 aliphatic rings. The number of Topliss-reactive ketones (excluding diaryl/α,β-unsaturated/α-hetero) is 1. The maximum absolute atomic E-state index is 12.0. The second-order valence-corrected chi connectivity index (χ2v) is 5.18. The van der Waals surface area contributed by atoms with E-state index in [1.165, 1.54) is 0 Å². The first-order valence-electron chi connectivity index (χ1n) is 6.42. The summed E-state index contributed by atoms with van der Waals surface area (Å²) in [4.78, 5) is 26.0. The van der Waals surface area contributed by atoms with Gasteiger partial charge in [-0.05, 0) is 38.1 Å². The normalized spacial score (nSPS) is 10.4. The van der Waals surface area contributed by atoms with Gasteiger partial charge >= 0.3 is 0 Å². The van der Waals surface area contributed by atoms with Gasteiger partial charge in [0.05, 0.1) is 12.4 Å². The number of aromatic nitrogens is 3. The largest absolute Gasteiger partial charge is 0.494 e. The summed E-state index contributed by atoms with van der Waals surface area (Å²) in [6, 6.07) is 6.96. The van der Waals surface area contributed by atoms with E-state index >= 15 is 0 Å². The molecule has 0 unspecified atom stereocenters. The Hall–Kier alpha value is -2.15. The van der Waals surface area contributed by atoms with Crippen LogP contribution in [0.1, 0.15) is 23.0 Å². The van der Waals surface area contributed by atoms with Gasteiger partial charge < -0.3 is 4.74 Å². The van der Waals surface area contributed by atoms with E-state index in [1.807, 2.05) is 6.92 Å². The van der Waals surface area contributed by atoms with Gasteiger partial charge in [-0.3, -0.25) is 14.6 Å². The Morgan fingerprint density at radius 2 is 2.00 bits per heavy atom. The van der Waals surface area contributed by atoms with Crippen molar-refractivity contribution in [2.24, 2.45) is 0 Å². The number of carbonyl (C=O) groups is 1. The maximum Gasteiger partial charge on any atom is 0.273 e. The van der Waals surface area contributed by atoms with Crippen LogP contribution >= 0.6 is 11.8 Å². The Bertz CT molecular complexity index is 683. The van der Waals surface area contributed by atoms with Crippen LogP contribution < -0.4 is 10.3 Å². The van der Waals surface area contributed by atoms with Crippen molar-refractivity contribution in [1.82, 2.24) is 15.2 Å². The van der Waals surface area contributed by atoms with Gasteiger partial charge in [0.25, 0.3) is 5.56 Å². The summed E-state index contributed by atoms with van der Waals surface area (Å²) >= 11 is 1.15. The van der Waals surface area contributed by atoms with Crippen molar-refractivity contribution in [1.29, 1.82) is 0 Å². The summed E-state index contributed by atoms with van der Waals surface area (Å²) in [6.07, 6.45) is 0. The fourth-order valence-electron chi connectivity index (χ4n) is 1.56. The van der Waals surface area contributed by atoms with Gasteiger partial charge in [0.15, 0.2) is 10.9 Å². The molecule has 0 aliphatic carbocycles. The molecule has 110 valence electrons. The highest BCUT2D eigenvalue weighted by Gasteiger charge is 2.09. The van der Waals surface area contributed by atoms with Crippen LogP contribution in [0.25, 0.3) is 0 Å². The summed E-state index contributed by atoms with van der Waals surface area (Å²) in [5.41, 5.74) is 0.603. The maximum atomic E-state index is 12.0. The number of H-pyrrole nitrogens is 1. The molecule has 0 amide bonds. The predicted octanol–water partition coefficient (Wildman–Crippen LogP) is 1.85. The number of hydrogen-bond donors (Lipinski definition) is 1. The quantitative estimate of drug-likeness (QED) is 0.647. The highest BCUT2D eigenvalue weighted by Crippen LogP contribution is 2.16. The van der Waals surface area contributed by atoms with Gasteiger partial charge in [-0.1, -0.05) is 11.8 Å². The van der Waals surface area contributed by atoms with Crippen molar-refractivity contribution >= 4 is 17.5 Å². The zero-order valence-corrected chi connectivity index (χ0v) is 12.6. The minimum absolute atomic E-state index is 0.0497. The lowest BCUT2D eigenvalue weighted by atomic mass is 10.1. The van der Waals surface area contributed by atoms with E-state index < -0.39 is 0 Å². The van der Waals surface area contributed by atoms with Crippen molar-refractivity contribution < 1.29 is 9.53 Å². The number of aryl methyl sites for hydroxylation is 1. The number of nitrogens with one attached hydrogen (secondary N) is 1. The molecule has 0 bridgehead atoms. The monoisotopic (exact) mass is 305 g/mol. The van der Waals surface area contributed by atoms with Gasteiger partial charge in [-0.15, -0.1) is 10.2 Å². The van der Waals surface area contributed by atoms with Crippen LogP contribution in [0.4, 0.5) is 0 Å². The van der Waals surface area contributed by atoms with Crippen molar-refractivity contribution in [2.75, 3.05) is 12.4 Å². The molecule has 7 heteroatoms. The molecule has 21 heavy (non-hydrogen) atoms. The molecule has 1 N–H and O–H groups in total. The van der Waals surface area contributed by atoms with Crippen LogP contribution in [0.2, 0.25) is 0 Å². The number of benzene rings is 1. The average molecular weight is 305 g/mol. The summed E-state index contributed by atoms with van der Waals surface area (Å²) in [7, 11) is 0. The zero-order valence-electron chi connectivity index (χ0n) is 11.8. The van der Waals surface area contributed by atoms with Crippen molar-refractivity contribution in [3.8, 4) is 5.75 Å². The Morgan fingerprint density at radius 3 is 2.62 bits per heavy atom. The minimum atomic E-state index is -0.291. The third kappa shape index (κ3) is 4.16. The van der Waals surface area contributed by atoms with Crippen molar-refractivity contribution in [3.63, 3.8) is 0 Å². The number of thioether (sulfide) groups is 1. The van der Waals surface area contributed by atoms with Gasteiger partial charge in [0.2, 0.25) is 0 Å². The molecule has 0 radical (unpaired) electrons. The van der Waals surface area contributed by atoms with Crippen LogP contribution in [0.15, 0.2) is 34.2 Å². The summed E-state index contributed by atoms with van der Waals surface area (Å²) in [6.45, 7) is 4.06. The number of hydrogen-bond acceptors (Lipinski definition) is 6. The molecule has 0 saturated carbocycles. The number of rotatable bonds is 6. The van der Waals surface area contributed by atoms with Crippen LogP contribution in [0, 0.1) is 6.92 Å². The molecular formula is C14H15N3O3S. The molecule has 0 spiro atoms. The molecule has 0 aliphatic heterocycles. The Morgan fingerprint density at radius 1 is 1.29 bits per heavy atom. The Labute approximate surface area is 126 Å². The summed E-state index contributed by atoms with van der Waals surface area (Å²) in [5.74, 6) is 0.864. The van der Waals surface area contributed by atoms with Crippen LogP contribution in [-0.2, 0) is 0 Å². The molecule has 1 aromatic carbocycles. The molecule has 2 aromatic rings. The molecule has 0 atom stereocenters. The summed E-state index contributed by atoms with van der Waals surface area (Å²) < 4.78 is 5.32. The lowest BCUT2D eigenvalue weighted by Crippen LogP contribution is -2.14. The molecule has 1 aromatic heterocycles. The van der Waals surface area contributed by atoms with E-state index in [2.05, 4.69) is 15.2 Å². The molecule has 6 nitrogen and oxygen atoms in total. The first-order chi connectivity index (χ1) is 10.1. The number of aromatic amines is 1. The first kappa shape index (κ1) is 15.2. The second kappa shape index (κ2) is 7.03. The highest BCUT2D eigenvalue weighted by molar-refractivity contribution is 7.99. The molecule has 2 rings (SSSR count). The number of nitrogens with zero attached hydrogens (tertiary/aromatic N) is 2. The average Bonchev–Trinajstić information content (AvgIpc) is 2.49. The minimum Gasteiger partial charge on any atom is -0.494 e. The van der Waals surface area contributed by atoms with Gasteiger partial charge in [0.1, 0.15) is 11.4 Å². The van der Waals surface area contributed by atoms with Gasteiger partial charge in [-0.25, -0.2) is 0 Å². The van der Waals surface area contributed by atoms with Gasteiger partial charge in [0, 0.05) is 5.56 Å². The highest BCUT2D eigenvalue weighted by atomic mass is 32.2. The fraction of sp³-hybridized carbons (Fsp3) is 0.286. The number of carbonyl (C=O) groups excluding carboxylic acids is 1. The van der Waals surface area contributed by atoms with Crippen LogP contribution in [0.5, 0.6) is 5.75 Å². The van der Waals surface area contributed by atoms with Gasteiger partial charge in [-0.2, -0.15) is 0 Å². The van der Waals surface area contributed by atoms with E-state index in [9.17, 15) is 9.59 Å². The topological polar surface area (TPSA) is 84.9 Å². The fourth-order valence-corrected chi connectivity index (χ4v) is 2.26. The molecule has 1 heterocycles. The lowest BCUT2D eigenvalue weighted by molar-refractivity contribution is 0.102. The first-order valence-corrected chi connectivity index (χ1v) is 7.41. The summed E-state index contributed by atoms with van der Waals surface area (Å²) in [5, 5.41) is 7.89. The standard InChI is InChI=1S/C14H15N3O3S/c1-3-20-11-6-4-10(5-7-11)12(18)8-21-14-15-13(19)9(2)16-17-14/h4-7H,3,8H2,1-2H3,(H,15,17,19). The van der Waals surface area contributed by atoms with Crippen molar-refractivity contribution in [3.05, 3.63) is 45.9 Å². The molecule has 0 fully saturated rings. The second-order valence-electron chi connectivity index (χ2n) is 4.21. The van der Waals surface area contributed by atoms with E-state index in [4.69, 9.17) is 4.74 Å². The van der Waals surface area contributed by atoms with Crippen molar-refractivity contribution in [2.45, 2.75) is 19.0 Å². The third-order valence-corrected chi connectivity index (χ3v) is 3.53. The smallest absolute Gasteiger partial charge is 0.273 e. The lowest BCUT2D eigenvalue weighted by Gasteiger charge is -2.04.